The first-order valence-electron chi connectivity index (χ1n) is 5.74. The van der Waals surface area contributed by atoms with E-state index < -0.39 is 6.10 Å². The van der Waals surface area contributed by atoms with Gasteiger partial charge in [0.15, 0.2) is 11.5 Å². The van der Waals surface area contributed by atoms with Crippen molar-refractivity contribution in [2.24, 2.45) is 0 Å². The fourth-order valence-electron chi connectivity index (χ4n) is 1.56. The number of aliphatic hydroxyl groups is 1. The maximum absolute atomic E-state index is 9.63. The van der Waals surface area contributed by atoms with Crippen LogP contribution < -0.4 is 14.2 Å². The molecule has 4 heteroatoms. The third kappa shape index (κ3) is 3.82. The zero-order valence-corrected chi connectivity index (χ0v) is 10.6. The third-order valence-electron chi connectivity index (χ3n) is 2.42. The summed E-state index contributed by atoms with van der Waals surface area (Å²) < 4.78 is 16.0. The van der Waals surface area contributed by atoms with Gasteiger partial charge in [-0.1, -0.05) is 19.4 Å². The minimum atomic E-state index is -0.463. The van der Waals surface area contributed by atoms with Gasteiger partial charge in [0, 0.05) is 0 Å². The summed E-state index contributed by atoms with van der Waals surface area (Å²) in [6.45, 7) is 2.26. The average molecular weight is 240 g/mol. The molecule has 0 spiro atoms. The number of hydrogen-bond donors (Lipinski definition) is 1. The highest BCUT2D eigenvalue weighted by molar-refractivity contribution is 5.51. The largest absolute Gasteiger partial charge is 0.493 e. The number of hydrogen-bond acceptors (Lipinski definition) is 4. The van der Waals surface area contributed by atoms with Gasteiger partial charge in [0.1, 0.15) is 6.61 Å². The first-order chi connectivity index (χ1) is 8.22. The van der Waals surface area contributed by atoms with Crippen molar-refractivity contribution in [3.8, 4) is 17.2 Å². The van der Waals surface area contributed by atoms with Gasteiger partial charge in [0.2, 0.25) is 5.75 Å². The van der Waals surface area contributed by atoms with Gasteiger partial charge in [-0.15, -0.1) is 0 Å². The van der Waals surface area contributed by atoms with Crippen LogP contribution in [0.2, 0.25) is 0 Å². The Morgan fingerprint density at radius 3 is 2.24 bits per heavy atom. The summed E-state index contributed by atoms with van der Waals surface area (Å²) in [4.78, 5) is 0. The van der Waals surface area contributed by atoms with Crippen molar-refractivity contribution in [2.75, 3.05) is 20.8 Å². The van der Waals surface area contributed by atoms with Crippen LogP contribution in [-0.4, -0.2) is 32.0 Å². The van der Waals surface area contributed by atoms with Crippen LogP contribution in [0.5, 0.6) is 17.2 Å². The van der Waals surface area contributed by atoms with Gasteiger partial charge in [0.05, 0.1) is 20.3 Å². The van der Waals surface area contributed by atoms with Gasteiger partial charge >= 0.3 is 0 Å². The molecule has 1 aromatic rings. The van der Waals surface area contributed by atoms with E-state index in [0.29, 0.717) is 17.2 Å². The van der Waals surface area contributed by atoms with E-state index in [9.17, 15) is 5.11 Å². The van der Waals surface area contributed by atoms with Crippen LogP contribution in [0, 0.1) is 0 Å². The van der Waals surface area contributed by atoms with E-state index in [4.69, 9.17) is 14.2 Å². The second-order valence-corrected chi connectivity index (χ2v) is 3.75. The first-order valence-corrected chi connectivity index (χ1v) is 5.74. The Morgan fingerprint density at radius 1 is 1.18 bits per heavy atom. The molecule has 0 aromatic heterocycles. The molecular weight excluding hydrogens is 220 g/mol. The van der Waals surface area contributed by atoms with Gasteiger partial charge in [-0.2, -0.15) is 0 Å². The van der Waals surface area contributed by atoms with Crippen molar-refractivity contribution < 1.29 is 19.3 Å². The lowest BCUT2D eigenvalue weighted by atomic mass is 10.2. The molecule has 4 nitrogen and oxygen atoms in total. The highest BCUT2D eigenvalue weighted by atomic mass is 16.5. The molecule has 0 fully saturated rings. The highest BCUT2D eigenvalue weighted by Crippen LogP contribution is 2.36. The summed E-state index contributed by atoms with van der Waals surface area (Å²) in [5, 5.41) is 9.63. The van der Waals surface area contributed by atoms with Crippen molar-refractivity contribution in [3.63, 3.8) is 0 Å². The second-order valence-electron chi connectivity index (χ2n) is 3.75. The van der Waals surface area contributed by atoms with Crippen LogP contribution in [0.25, 0.3) is 0 Å². The smallest absolute Gasteiger partial charge is 0.203 e. The molecule has 17 heavy (non-hydrogen) atoms. The van der Waals surface area contributed by atoms with Crippen LogP contribution in [-0.2, 0) is 0 Å². The molecule has 0 amide bonds. The standard InChI is InChI=1S/C13H20O4/c1-4-6-10(14)9-17-13-11(15-2)7-5-8-12(13)16-3/h5,7-8,10,14H,4,6,9H2,1-3H3. The zero-order valence-electron chi connectivity index (χ0n) is 10.6. The Bertz CT molecular complexity index is 316. The predicted molar refractivity (Wildman–Crippen MR) is 66.0 cm³/mol. The molecule has 0 saturated carbocycles. The Morgan fingerprint density at radius 2 is 1.76 bits per heavy atom. The summed E-state index contributed by atoms with van der Waals surface area (Å²) in [5.41, 5.74) is 0. The summed E-state index contributed by atoms with van der Waals surface area (Å²) >= 11 is 0. The molecule has 0 aliphatic heterocycles. The van der Waals surface area contributed by atoms with E-state index in [1.54, 1.807) is 26.4 Å². The minimum Gasteiger partial charge on any atom is -0.493 e. The number of benzene rings is 1. The van der Waals surface area contributed by atoms with Crippen LogP contribution in [0.3, 0.4) is 0 Å². The van der Waals surface area contributed by atoms with Crippen molar-refractivity contribution in [3.05, 3.63) is 18.2 Å². The molecule has 1 rings (SSSR count). The lowest BCUT2D eigenvalue weighted by Gasteiger charge is -2.16. The lowest BCUT2D eigenvalue weighted by Crippen LogP contribution is -2.17. The fraction of sp³-hybridized carbons (Fsp3) is 0.538. The van der Waals surface area contributed by atoms with Crippen molar-refractivity contribution in [2.45, 2.75) is 25.9 Å². The molecule has 0 aliphatic rings. The SMILES string of the molecule is CCCC(O)COc1c(OC)cccc1OC. The molecule has 0 bridgehead atoms. The topological polar surface area (TPSA) is 47.9 Å². The molecular formula is C13H20O4. The van der Waals surface area contributed by atoms with E-state index in [-0.39, 0.29) is 6.61 Å². The van der Waals surface area contributed by atoms with Crippen LogP contribution >= 0.6 is 0 Å². The minimum absolute atomic E-state index is 0.241. The summed E-state index contributed by atoms with van der Waals surface area (Å²) in [7, 11) is 3.15. The van der Waals surface area contributed by atoms with Gasteiger partial charge in [-0.25, -0.2) is 0 Å². The average Bonchev–Trinajstić information content (AvgIpc) is 2.36. The van der Waals surface area contributed by atoms with E-state index in [2.05, 4.69) is 0 Å². The predicted octanol–water partition coefficient (Wildman–Crippen LogP) is 2.24. The Hall–Kier alpha value is -1.42. The summed E-state index contributed by atoms with van der Waals surface area (Å²) in [5.74, 6) is 1.74. The lowest BCUT2D eigenvalue weighted by molar-refractivity contribution is 0.0960. The normalized spacial score (nSPS) is 12.0. The van der Waals surface area contributed by atoms with Crippen LogP contribution in [0.1, 0.15) is 19.8 Å². The van der Waals surface area contributed by atoms with E-state index in [1.807, 2.05) is 13.0 Å². The number of para-hydroxylation sites is 1. The number of aliphatic hydroxyl groups excluding tert-OH is 1. The molecule has 1 atom stereocenters. The number of methoxy groups -OCH3 is 2. The van der Waals surface area contributed by atoms with Gasteiger partial charge in [0.25, 0.3) is 0 Å². The summed E-state index contributed by atoms with van der Waals surface area (Å²) in [6.07, 6.45) is 1.18. The molecule has 1 unspecified atom stereocenters. The van der Waals surface area contributed by atoms with Crippen LogP contribution in [0.4, 0.5) is 0 Å². The van der Waals surface area contributed by atoms with E-state index in [0.717, 1.165) is 12.8 Å². The van der Waals surface area contributed by atoms with Gasteiger partial charge in [-0.3, -0.25) is 0 Å². The molecule has 0 saturated heterocycles. The van der Waals surface area contributed by atoms with Crippen molar-refractivity contribution in [1.82, 2.24) is 0 Å². The maximum atomic E-state index is 9.63. The fourth-order valence-corrected chi connectivity index (χ4v) is 1.56. The van der Waals surface area contributed by atoms with Gasteiger partial charge in [-0.05, 0) is 18.6 Å². The van der Waals surface area contributed by atoms with Gasteiger partial charge < -0.3 is 19.3 Å². The number of rotatable bonds is 7. The summed E-state index contributed by atoms with van der Waals surface area (Å²) in [6, 6.07) is 5.42. The molecule has 1 N–H and O–H groups in total. The second kappa shape index (κ2) is 7.01. The van der Waals surface area contributed by atoms with Crippen LogP contribution in [0.15, 0.2) is 18.2 Å². The quantitative estimate of drug-likeness (QED) is 0.794. The monoisotopic (exact) mass is 240 g/mol. The first kappa shape index (κ1) is 13.6. The van der Waals surface area contributed by atoms with E-state index in [1.165, 1.54) is 0 Å². The molecule has 0 heterocycles. The zero-order chi connectivity index (χ0) is 12.7. The number of ether oxygens (including phenoxy) is 3. The molecule has 96 valence electrons. The molecule has 1 aromatic carbocycles. The molecule has 0 aliphatic carbocycles. The van der Waals surface area contributed by atoms with Crippen molar-refractivity contribution >= 4 is 0 Å². The Labute approximate surface area is 102 Å². The Balaban J connectivity index is 2.74. The molecule has 0 radical (unpaired) electrons. The third-order valence-corrected chi connectivity index (χ3v) is 2.42. The Kier molecular flexibility index (Phi) is 5.63. The van der Waals surface area contributed by atoms with Crippen molar-refractivity contribution in [1.29, 1.82) is 0 Å². The highest BCUT2D eigenvalue weighted by Gasteiger charge is 2.13. The van der Waals surface area contributed by atoms with E-state index >= 15 is 0 Å². The maximum Gasteiger partial charge on any atom is 0.203 e.